The Balaban J connectivity index is 2.11. The van der Waals surface area contributed by atoms with Crippen molar-refractivity contribution in [1.82, 2.24) is 5.01 Å². The van der Waals surface area contributed by atoms with E-state index in [-0.39, 0.29) is 11.8 Å². The second-order valence-electron chi connectivity index (χ2n) is 10.7. The molecular formula is C30H50N2O3. The minimum atomic E-state index is -0.534. The van der Waals surface area contributed by atoms with Crippen molar-refractivity contribution in [2.75, 3.05) is 0 Å². The van der Waals surface area contributed by atoms with Gasteiger partial charge in [0.25, 0.3) is 5.91 Å². The molecule has 5 heteroatoms. The zero-order valence-electron chi connectivity index (χ0n) is 22.6. The van der Waals surface area contributed by atoms with Gasteiger partial charge in [0.2, 0.25) is 5.91 Å². The molecule has 1 aromatic rings. The van der Waals surface area contributed by atoms with Crippen molar-refractivity contribution in [2.24, 2.45) is 5.84 Å². The van der Waals surface area contributed by atoms with Crippen molar-refractivity contribution >= 4 is 11.8 Å². The van der Waals surface area contributed by atoms with Gasteiger partial charge in [-0.3, -0.25) is 9.59 Å². The number of nitrogens with zero attached hydrogens (tertiary/aromatic N) is 1. The SMILES string of the molecule is CCCCCCCC(=O)N(N)C(=O)C(C)c1cc(C)c(O)c(C2CCCCCCCCCCC2)c1. The molecule has 2 rings (SSSR count). The molecule has 1 saturated carbocycles. The highest BCUT2D eigenvalue weighted by Crippen LogP contribution is 2.38. The minimum Gasteiger partial charge on any atom is -0.507 e. The van der Waals surface area contributed by atoms with Crippen molar-refractivity contribution in [3.8, 4) is 5.75 Å². The van der Waals surface area contributed by atoms with Crippen LogP contribution in [-0.2, 0) is 9.59 Å². The monoisotopic (exact) mass is 486 g/mol. The Labute approximate surface area is 213 Å². The molecule has 0 radical (unpaired) electrons. The first-order valence-electron chi connectivity index (χ1n) is 14.3. The molecular weight excluding hydrogens is 436 g/mol. The average Bonchev–Trinajstić information content (AvgIpc) is 2.84. The molecule has 0 aromatic heterocycles. The van der Waals surface area contributed by atoms with E-state index in [1.54, 1.807) is 0 Å². The summed E-state index contributed by atoms with van der Waals surface area (Å²) in [5, 5.41) is 11.8. The number of phenols is 1. The number of carbonyl (C=O) groups is 2. The van der Waals surface area contributed by atoms with Crippen LogP contribution in [0.5, 0.6) is 5.75 Å². The van der Waals surface area contributed by atoms with E-state index in [4.69, 9.17) is 5.84 Å². The summed E-state index contributed by atoms with van der Waals surface area (Å²) in [6, 6.07) is 3.88. The lowest BCUT2D eigenvalue weighted by Gasteiger charge is -2.24. The smallest absolute Gasteiger partial charge is 0.250 e. The van der Waals surface area contributed by atoms with E-state index in [1.165, 1.54) is 64.2 Å². The summed E-state index contributed by atoms with van der Waals surface area (Å²) in [6.45, 7) is 5.87. The number of hydrogen-bond acceptors (Lipinski definition) is 4. The largest absolute Gasteiger partial charge is 0.507 e. The predicted octanol–water partition coefficient (Wildman–Crippen LogP) is 7.78. The van der Waals surface area contributed by atoms with Gasteiger partial charge in [-0.25, -0.2) is 10.9 Å². The number of hydrogen-bond donors (Lipinski definition) is 2. The fourth-order valence-electron chi connectivity index (χ4n) is 5.35. The average molecular weight is 487 g/mol. The molecule has 1 aromatic carbocycles. The molecule has 0 aliphatic heterocycles. The van der Waals surface area contributed by atoms with Crippen LogP contribution in [0.2, 0.25) is 0 Å². The van der Waals surface area contributed by atoms with E-state index in [2.05, 4.69) is 6.92 Å². The molecule has 1 unspecified atom stereocenters. The summed E-state index contributed by atoms with van der Waals surface area (Å²) in [7, 11) is 0. The van der Waals surface area contributed by atoms with Gasteiger partial charge in [-0.2, -0.15) is 0 Å². The number of amides is 2. The normalized spacial score (nSPS) is 17.3. The van der Waals surface area contributed by atoms with Crippen molar-refractivity contribution in [3.63, 3.8) is 0 Å². The van der Waals surface area contributed by atoms with Crippen LogP contribution >= 0.6 is 0 Å². The highest BCUT2D eigenvalue weighted by Gasteiger charge is 2.27. The van der Waals surface area contributed by atoms with Crippen LogP contribution < -0.4 is 5.84 Å². The second kappa shape index (κ2) is 16.0. The summed E-state index contributed by atoms with van der Waals surface area (Å²) in [5.74, 6) is 5.41. The van der Waals surface area contributed by atoms with Crippen LogP contribution in [0.15, 0.2) is 12.1 Å². The number of imide groups is 1. The number of carbonyl (C=O) groups excluding carboxylic acids is 2. The van der Waals surface area contributed by atoms with Gasteiger partial charge in [-0.1, -0.05) is 103 Å². The fourth-order valence-corrected chi connectivity index (χ4v) is 5.35. The summed E-state index contributed by atoms with van der Waals surface area (Å²) >= 11 is 0. The molecule has 0 heterocycles. The van der Waals surface area contributed by atoms with Crippen LogP contribution in [0.25, 0.3) is 0 Å². The maximum atomic E-state index is 13.1. The number of aryl methyl sites for hydroxylation is 1. The molecule has 0 bridgehead atoms. The first-order chi connectivity index (χ1) is 16.9. The van der Waals surface area contributed by atoms with Gasteiger partial charge in [0.05, 0.1) is 5.92 Å². The molecule has 198 valence electrons. The van der Waals surface area contributed by atoms with Crippen molar-refractivity contribution in [1.29, 1.82) is 0 Å². The highest BCUT2D eigenvalue weighted by atomic mass is 16.3. The van der Waals surface area contributed by atoms with Crippen LogP contribution in [0.3, 0.4) is 0 Å². The first kappa shape index (κ1) is 29.4. The first-order valence-corrected chi connectivity index (χ1v) is 14.3. The zero-order valence-corrected chi connectivity index (χ0v) is 22.6. The Morgan fingerprint density at radius 2 is 1.49 bits per heavy atom. The molecule has 3 N–H and O–H groups in total. The summed E-state index contributed by atoms with van der Waals surface area (Å²) < 4.78 is 0. The Morgan fingerprint density at radius 1 is 0.943 bits per heavy atom. The van der Waals surface area contributed by atoms with Crippen LogP contribution in [0.1, 0.15) is 152 Å². The highest BCUT2D eigenvalue weighted by molar-refractivity contribution is 5.97. The van der Waals surface area contributed by atoms with E-state index in [0.29, 0.717) is 18.1 Å². The lowest BCUT2D eigenvalue weighted by atomic mass is 9.84. The van der Waals surface area contributed by atoms with Gasteiger partial charge >= 0.3 is 0 Å². The van der Waals surface area contributed by atoms with Gasteiger partial charge in [0.15, 0.2) is 0 Å². The number of hydrazine groups is 1. The number of benzene rings is 1. The molecule has 0 saturated heterocycles. The predicted molar refractivity (Wildman–Crippen MR) is 144 cm³/mol. The van der Waals surface area contributed by atoms with Gasteiger partial charge in [0.1, 0.15) is 5.75 Å². The third-order valence-corrected chi connectivity index (χ3v) is 7.77. The molecule has 1 atom stereocenters. The maximum absolute atomic E-state index is 13.1. The maximum Gasteiger partial charge on any atom is 0.250 e. The number of phenolic OH excluding ortho intramolecular Hbond substituents is 1. The van der Waals surface area contributed by atoms with E-state index in [1.807, 2.05) is 26.0 Å². The van der Waals surface area contributed by atoms with Crippen LogP contribution in [-0.4, -0.2) is 21.9 Å². The van der Waals surface area contributed by atoms with Gasteiger partial charge in [0, 0.05) is 6.42 Å². The van der Waals surface area contributed by atoms with E-state index < -0.39 is 5.92 Å². The molecule has 1 aliphatic rings. The third-order valence-electron chi connectivity index (χ3n) is 7.77. The van der Waals surface area contributed by atoms with Crippen molar-refractivity contribution in [3.05, 3.63) is 28.8 Å². The van der Waals surface area contributed by atoms with Crippen molar-refractivity contribution < 1.29 is 14.7 Å². The second-order valence-corrected chi connectivity index (χ2v) is 10.7. The van der Waals surface area contributed by atoms with Gasteiger partial charge in [-0.15, -0.1) is 0 Å². The van der Waals surface area contributed by atoms with E-state index >= 15 is 0 Å². The van der Waals surface area contributed by atoms with Gasteiger partial charge in [-0.05, 0) is 55.7 Å². The number of nitrogens with two attached hydrogens (primary N) is 1. The minimum absolute atomic E-state index is 0.300. The molecule has 35 heavy (non-hydrogen) atoms. The summed E-state index contributed by atoms with van der Waals surface area (Å²) in [6.07, 6.45) is 19.1. The third kappa shape index (κ3) is 9.59. The number of aromatic hydroxyl groups is 1. The lowest BCUT2D eigenvalue weighted by molar-refractivity contribution is -0.146. The number of rotatable bonds is 9. The Bertz CT molecular complexity index is 780. The summed E-state index contributed by atoms with van der Waals surface area (Å²) in [5.41, 5.74) is 2.58. The topological polar surface area (TPSA) is 83.6 Å². The standard InChI is InChI=1S/C30H50N2O3/c1-4-5-6-12-17-20-28(33)32(31)30(35)24(3)26-21-23(2)29(34)27(22-26)25-18-15-13-10-8-7-9-11-14-16-19-25/h21-22,24-25,34H,4-20,31H2,1-3H3. The lowest BCUT2D eigenvalue weighted by Crippen LogP contribution is -2.44. The van der Waals surface area contributed by atoms with E-state index in [0.717, 1.165) is 60.2 Å². The molecule has 2 amide bonds. The zero-order chi connectivity index (χ0) is 25.6. The van der Waals surface area contributed by atoms with E-state index in [9.17, 15) is 14.7 Å². The molecule has 1 aliphatic carbocycles. The fraction of sp³-hybridized carbons (Fsp3) is 0.733. The quantitative estimate of drug-likeness (QED) is 0.161. The summed E-state index contributed by atoms with van der Waals surface area (Å²) in [4.78, 5) is 25.6. The molecule has 1 fully saturated rings. The molecule has 5 nitrogen and oxygen atoms in total. The Morgan fingerprint density at radius 3 is 2.06 bits per heavy atom. The van der Waals surface area contributed by atoms with Crippen LogP contribution in [0.4, 0.5) is 0 Å². The Hall–Kier alpha value is -1.88. The van der Waals surface area contributed by atoms with Crippen molar-refractivity contribution in [2.45, 2.75) is 142 Å². The molecule has 0 spiro atoms. The van der Waals surface area contributed by atoms with Gasteiger partial charge < -0.3 is 5.11 Å². The number of unbranched alkanes of at least 4 members (excludes halogenated alkanes) is 4. The Kier molecular flexibility index (Phi) is 13.4. The van der Waals surface area contributed by atoms with Crippen LogP contribution in [0, 0.1) is 6.92 Å².